The van der Waals surface area contributed by atoms with Crippen molar-refractivity contribution in [3.05, 3.63) is 42.2 Å². The lowest BCUT2D eigenvalue weighted by atomic mass is 10.1. The van der Waals surface area contributed by atoms with Crippen LogP contribution in [0.2, 0.25) is 0 Å². The van der Waals surface area contributed by atoms with Crippen LogP contribution in [0.3, 0.4) is 0 Å². The van der Waals surface area contributed by atoms with Crippen LogP contribution in [-0.4, -0.2) is 29.5 Å². The Morgan fingerprint density at radius 2 is 2.00 bits per heavy atom. The van der Waals surface area contributed by atoms with Gasteiger partial charge in [-0.1, -0.05) is 6.92 Å². The monoisotopic (exact) mass is 336 g/mol. The van der Waals surface area contributed by atoms with Crippen molar-refractivity contribution in [3.8, 4) is 11.8 Å². The van der Waals surface area contributed by atoms with Crippen molar-refractivity contribution >= 4 is 24.0 Å². The first-order valence-corrected chi connectivity index (χ1v) is 7.11. The van der Waals surface area contributed by atoms with E-state index in [1.807, 2.05) is 33.0 Å². The lowest BCUT2D eigenvalue weighted by Gasteiger charge is -2.14. The summed E-state index contributed by atoms with van der Waals surface area (Å²) in [5, 5.41) is 5.91. The second-order valence-electron chi connectivity index (χ2n) is 5.06. The molecule has 2 N–H and O–H groups in total. The molecule has 0 radical (unpaired) electrons. The third kappa shape index (κ3) is 5.50. The van der Waals surface area contributed by atoms with E-state index in [0.29, 0.717) is 18.3 Å². The van der Waals surface area contributed by atoms with E-state index in [4.69, 9.17) is 4.74 Å². The van der Waals surface area contributed by atoms with E-state index in [9.17, 15) is 4.79 Å². The lowest BCUT2D eigenvalue weighted by Crippen LogP contribution is -2.28. The molecular formula is C16H21ClN4O2. The molecule has 0 spiro atoms. The average molecular weight is 337 g/mol. The molecule has 1 unspecified atom stereocenters. The van der Waals surface area contributed by atoms with Gasteiger partial charge in [0.15, 0.2) is 0 Å². The molecule has 6 nitrogen and oxygen atoms in total. The topological polar surface area (TPSA) is 76.1 Å². The second-order valence-corrected chi connectivity index (χ2v) is 5.06. The Hall–Kier alpha value is -2.18. The number of rotatable bonds is 6. The van der Waals surface area contributed by atoms with Gasteiger partial charge in [0.05, 0.1) is 0 Å². The van der Waals surface area contributed by atoms with Crippen LogP contribution in [-0.2, 0) is 4.79 Å². The van der Waals surface area contributed by atoms with Crippen molar-refractivity contribution in [2.45, 2.75) is 13.8 Å². The highest BCUT2D eigenvalue weighted by molar-refractivity contribution is 5.93. The van der Waals surface area contributed by atoms with Gasteiger partial charge in [0.1, 0.15) is 5.75 Å². The highest BCUT2D eigenvalue weighted by Crippen LogP contribution is 2.24. The van der Waals surface area contributed by atoms with Gasteiger partial charge >= 0.3 is 6.01 Å². The summed E-state index contributed by atoms with van der Waals surface area (Å²) in [6.07, 6.45) is 3.24. The SMILES string of the molecule is CNCC(C)C(=O)Nc1ccc(Oc2ncccn2)cc1C.Cl. The van der Waals surface area contributed by atoms with Gasteiger partial charge in [-0.3, -0.25) is 4.79 Å². The first-order valence-electron chi connectivity index (χ1n) is 7.11. The van der Waals surface area contributed by atoms with Gasteiger partial charge in [-0.15, -0.1) is 12.4 Å². The molecule has 2 rings (SSSR count). The number of amides is 1. The summed E-state index contributed by atoms with van der Waals surface area (Å²) < 4.78 is 5.56. The minimum Gasteiger partial charge on any atom is -0.424 e. The van der Waals surface area contributed by atoms with Crippen LogP contribution in [0.5, 0.6) is 11.8 Å². The van der Waals surface area contributed by atoms with Crippen LogP contribution in [0.4, 0.5) is 5.69 Å². The van der Waals surface area contributed by atoms with Crippen molar-refractivity contribution < 1.29 is 9.53 Å². The summed E-state index contributed by atoms with van der Waals surface area (Å²) in [5.74, 6) is 0.514. The second kappa shape index (κ2) is 9.07. The van der Waals surface area contributed by atoms with Crippen molar-refractivity contribution in [2.24, 2.45) is 5.92 Å². The number of nitrogens with one attached hydrogen (secondary N) is 2. The number of nitrogens with zero attached hydrogens (tertiary/aromatic N) is 2. The Morgan fingerprint density at radius 3 is 2.61 bits per heavy atom. The summed E-state index contributed by atoms with van der Waals surface area (Å²) in [5.41, 5.74) is 1.69. The number of halogens is 1. The van der Waals surface area contributed by atoms with Crippen molar-refractivity contribution in [2.75, 3.05) is 18.9 Å². The average Bonchev–Trinajstić information content (AvgIpc) is 2.51. The third-order valence-electron chi connectivity index (χ3n) is 3.16. The van der Waals surface area contributed by atoms with Crippen LogP contribution < -0.4 is 15.4 Å². The van der Waals surface area contributed by atoms with E-state index in [-0.39, 0.29) is 24.2 Å². The molecule has 0 aliphatic carbocycles. The predicted molar refractivity (Wildman–Crippen MR) is 92.3 cm³/mol. The number of carbonyl (C=O) groups excluding carboxylic acids is 1. The molecule has 1 amide bonds. The van der Waals surface area contributed by atoms with E-state index in [1.54, 1.807) is 24.5 Å². The quantitative estimate of drug-likeness (QED) is 0.848. The molecule has 0 aliphatic rings. The van der Waals surface area contributed by atoms with Gasteiger partial charge in [-0.2, -0.15) is 0 Å². The number of carbonyl (C=O) groups is 1. The zero-order valence-corrected chi connectivity index (χ0v) is 14.2. The first kappa shape index (κ1) is 18.9. The zero-order chi connectivity index (χ0) is 15.9. The summed E-state index contributed by atoms with van der Waals surface area (Å²) in [6.45, 7) is 4.43. The van der Waals surface area contributed by atoms with Crippen LogP contribution in [0.25, 0.3) is 0 Å². The molecule has 0 aliphatic heterocycles. The number of benzene rings is 1. The maximum atomic E-state index is 12.0. The van der Waals surface area contributed by atoms with Crippen LogP contribution >= 0.6 is 12.4 Å². The molecule has 2 aromatic rings. The van der Waals surface area contributed by atoms with Gasteiger partial charge < -0.3 is 15.4 Å². The van der Waals surface area contributed by atoms with E-state index in [2.05, 4.69) is 20.6 Å². The molecule has 0 saturated heterocycles. The van der Waals surface area contributed by atoms with Gasteiger partial charge in [-0.25, -0.2) is 9.97 Å². The fraction of sp³-hybridized carbons (Fsp3) is 0.312. The standard InChI is InChI=1S/C16H20N4O2.ClH/c1-11-9-13(22-16-18-7-4-8-19-16)5-6-14(11)20-15(21)12(2)10-17-3;/h4-9,12,17H,10H2,1-3H3,(H,20,21);1H. The summed E-state index contributed by atoms with van der Waals surface area (Å²) in [6, 6.07) is 7.46. The van der Waals surface area contributed by atoms with E-state index < -0.39 is 0 Å². The highest BCUT2D eigenvalue weighted by Gasteiger charge is 2.13. The molecular weight excluding hydrogens is 316 g/mol. The van der Waals surface area contributed by atoms with Gasteiger partial charge in [0, 0.05) is 30.5 Å². The number of anilines is 1. The Labute approximate surface area is 142 Å². The molecule has 0 fully saturated rings. The van der Waals surface area contributed by atoms with Crippen molar-refractivity contribution in [1.29, 1.82) is 0 Å². The number of aryl methyl sites for hydroxylation is 1. The molecule has 1 aromatic carbocycles. The number of hydrogen-bond acceptors (Lipinski definition) is 5. The number of ether oxygens (including phenoxy) is 1. The van der Waals surface area contributed by atoms with Crippen LogP contribution in [0.1, 0.15) is 12.5 Å². The van der Waals surface area contributed by atoms with E-state index in [1.165, 1.54) is 0 Å². The smallest absolute Gasteiger partial charge is 0.321 e. The number of aromatic nitrogens is 2. The maximum absolute atomic E-state index is 12.0. The molecule has 0 saturated carbocycles. The Bertz CT molecular complexity index is 637. The third-order valence-corrected chi connectivity index (χ3v) is 3.16. The van der Waals surface area contributed by atoms with Crippen molar-refractivity contribution in [3.63, 3.8) is 0 Å². The van der Waals surface area contributed by atoms with Crippen LogP contribution in [0, 0.1) is 12.8 Å². The predicted octanol–water partition coefficient (Wildman–Crippen LogP) is 2.79. The molecule has 0 bridgehead atoms. The number of hydrogen-bond donors (Lipinski definition) is 2. The van der Waals surface area contributed by atoms with Gasteiger partial charge in [0.2, 0.25) is 5.91 Å². The van der Waals surface area contributed by atoms with E-state index in [0.717, 1.165) is 11.3 Å². The molecule has 124 valence electrons. The molecule has 1 aromatic heterocycles. The minimum absolute atomic E-state index is 0. The first-order chi connectivity index (χ1) is 10.6. The van der Waals surface area contributed by atoms with Crippen LogP contribution in [0.15, 0.2) is 36.7 Å². The Morgan fingerprint density at radius 1 is 1.30 bits per heavy atom. The zero-order valence-electron chi connectivity index (χ0n) is 13.4. The lowest BCUT2D eigenvalue weighted by molar-refractivity contribution is -0.119. The molecule has 1 atom stereocenters. The van der Waals surface area contributed by atoms with Crippen molar-refractivity contribution in [1.82, 2.24) is 15.3 Å². The maximum Gasteiger partial charge on any atom is 0.321 e. The summed E-state index contributed by atoms with van der Waals surface area (Å²) in [7, 11) is 1.83. The highest BCUT2D eigenvalue weighted by atomic mass is 35.5. The largest absolute Gasteiger partial charge is 0.424 e. The fourth-order valence-electron chi connectivity index (χ4n) is 1.94. The van der Waals surface area contributed by atoms with Gasteiger partial charge in [-0.05, 0) is 43.8 Å². The molecule has 23 heavy (non-hydrogen) atoms. The molecule has 1 heterocycles. The Kier molecular flexibility index (Phi) is 7.44. The Balaban J connectivity index is 0.00000264. The summed E-state index contributed by atoms with van der Waals surface area (Å²) >= 11 is 0. The van der Waals surface area contributed by atoms with E-state index >= 15 is 0 Å². The minimum atomic E-state index is -0.0990. The fourth-order valence-corrected chi connectivity index (χ4v) is 1.94. The normalized spacial score (nSPS) is 11.3. The summed E-state index contributed by atoms with van der Waals surface area (Å²) in [4.78, 5) is 20.0. The molecule has 7 heteroatoms. The van der Waals surface area contributed by atoms with Gasteiger partial charge in [0.25, 0.3) is 0 Å².